The van der Waals surface area contributed by atoms with Crippen molar-refractivity contribution in [3.63, 3.8) is 0 Å². The van der Waals surface area contributed by atoms with Gasteiger partial charge in [-0.3, -0.25) is 14.9 Å². The van der Waals surface area contributed by atoms with Crippen LogP contribution in [0.3, 0.4) is 0 Å². The van der Waals surface area contributed by atoms with Gasteiger partial charge in [0, 0.05) is 6.07 Å². The maximum absolute atomic E-state index is 12.3. The van der Waals surface area contributed by atoms with Crippen LogP contribution < -0.4 is 5.43 Å². The number of hydrogen-bond donors (Lipinski definition) is 0. The number of hydrogen-bond acceptors (Lipinski definition) is 6. The van der Waals surface area contributed by atoms with Crippen LogP contribution in [0.1, 0.15) is 0 Å². The molecule has 0 radical (unpaired) electrons. The molecule has 100 valence electrons. The SMILES string of the molecule is CSc1nc2oc3ccccc3c(=O)c2cc1[N+](=O)[O-]. The molecule has 3 aromatic rings. The Hall–Kier alpha value is -2.41. The lowest BCUT2D eigenvalue weighted by Gasteiger charge is -2.03. The predicted molar refractivity (Wildman–Crippen MR) is 76.2 cm³/mol. The first-order valence-corrected chi connectivity index (χ1v) is 6.89. The molecule has 0 fully saturated rings. The van der Waals surface area contributed by atoms with Gasteiger partial charge in [0.05, 0.1) is 15.7 Å². The molecule has 20 heavy (non-hydrogen) atoms. The Morgan fingerprint density at radius 1 is 1.30 bits per heavy atom. The summed E-state index contributed by atoms with van der Waals surface area (Å²) in [4.78, 5) is 26.9. The lowest BCUT2D eigenvalue weighted by Crippen LogP contribution is -2.05. The van der Waals surface area contributed by atoms with Crippen LogP contribution in [0.5, 0.6) is 0 Å². The minimum Gasteiger partial charge on any atom is -0.437 e. The molecule has 6 nitrogen and oxygen atoms in total. The standard InChI is InChI=1S/C13H8N2O4S/c1-20-13-9(15(17)18)6-8-11(16)7-4-2-3-5-10(7)19-12(8)14-13/h2-6H,1H3. The Kier molecular flexibility index (Phi) is 2.90. The molecule has 0 aliphatic carbocycles. The molecule has 0 bridgehead atoms. The Bertz CT molecular complexity index is 904. The van der Waals surface area contributed by atoms with Crippen LogP contribution in [0.4, 0.5) is 5.69 Å². The summed E-state index contributed by atoms with van der Waals surface area (Å²) >= 11 is 1.14. The average molecular weight is 288 g/mol. The molecule has 0 saturated carbocycles. The molecule has 0 N–H and O–H groups in total. The number of benzene rings is 1. The molecule has 2 heterocycles. The Balaban J connectivity index is 2.50. The fourth-order valence-electron chi connectivity index (χ4n) is 1.98. The molecule has 0 unspecified atom stereocenters. The zero-order valence-corrected chi connectivity index (χ0v) is 11.1. The number of nitrogens with zero attached hydrogens (tertiary/aromatic N) is 2. The quantitative estimate of drug-likeness (QED) is 0.312. The van der Waals surface area contributed by atoms with Gasteiger partial charge in [0.15, 0.2) is 5.03 Å². The third kappa shape index (κ3) is 1.83. The van der Waals surface area contributed by atoms with Gasteiger partial charge in [-0.05, 0) is 18.4 Å². The van der Waals surface area contributed by atoms with E-state index in [4.69, 9.17) is 4.42 Å². The second kappa shape index (κ2) is 4.61. The largest absolute Gasteiger partial charge is 0.437 e. The lowest BCUT2D eigenvalue weighted by molar-refractivity contribution is -0.388. The summed E-state index contributed by atoms with van der Waals surface area (Å²) in [6.07, 6.45) is 1.68. The second-order valence-electron chi connectivity index (χ2n) is 4.05. The fourth-order valence-corrected chi connectivity index (χ4v) is 2.50. The summed E-state index contributed by atoms with van der Waals surface area (Å²) < 4.78 is 5.56. The fraction of sp³-hybridized carbons (Fsp3) is 0.0769. The zero-order valence-electron chi connectivity index (χ0n) is 10.3. The molecular weight excluding hydrogens is 280 g/mol. The number of aromatic nitrogens is 1. The van der Waals surface area contributed by atoms with Crippen molar-refractivity contribution in [3.05, 3.63) is 50.7 Å². The molecule has 0 aliphatic heterocycles. The summed E-state index contributed by atoms with van der Waals surface area (Å²) in [7, 11) is 0. The number of nitro groups is 1. The minimum atomic E-state index is -0.549. The third-order valence-electron chi connectivity index (χ3n) is 2.91. The van der Waals surface area contributed by atoms with Crippen molar-refractivity contribution in [1.29, 1.82) is 0 Å². The number of thioether (sulfide) groups is 1. The number of para-hydroxylation sites is 1. The highest BCUT2D eigenvalue weighted by Crippen LogP contribution is 2.29. The third-order valence-corrected chi connectivity index (χ3v) is 3.59. The highest BCUT2D eigenvalue weighted by Gasteiger charge is 2.19. The molecule has 1 aromatic carbocycles. The lowest BCUT2D eigenvalue weighted by atomic mass is 10.2. The average Bonchev–Trinajstić information content (AvgIpc) is 2.46. The number of pyridine rings is 1. The Morgan fingerprint density at radius 3 is 2.75 bits per heavy atom. The number of rotatable bonds is 2. The molecule has 7 heteroatoms. The zero-order chi connectivity index (χ0) is 14.3. The molecule has 0 amide bonds. The highest BCUT2D eigenvalue weighted by molar-refractivity contribution is 7.98. The monoisotopic (exact) mass is 288 g/mol. The molecule has 2 aromatic heterocycles. The van der Waals surface area contributed by atoms with Crippen molar-refractivity contribution in [2.75, 3.05) is 6.26 Å². The van der Waals surface area contributed by atoms with Crippen LogP contribution in [0.2, 0.25) is 0 Å². The number of fused-ring (bicyclic) bond motifs is 2. The van der Waals surface area contributed by atoms with Crippen molar-refractivity contribution in [1.82, 2.24) is 4.98 Å². The summed E-state index contributed by atoms with van der Waals surface area (Å²) in [5.41, 5.74) is 0.0275. The first-order valence-electron chi connectivity index (χ1n) is 5.67. The van der Waals surface area contributed by atoms with Crippen molar-refractivity contribution in [2.24, 2.45) is 0 Å². The molecule has 0 aliphatic rings. The van der Waals surface area contributed by atoms with E-state index in [1.54, 1.807) is 30.5 Å². The van der Waals surface area contributed by atoms with E-state index in [1.165, 1.54) is 6.07 Å². The molecule has 0 atom stereocenters. The summed E-state index contributed by atoms with van der Waals surface area (Å²) in [5.74, 6) is 0. The molecule has 3 rings (SSSR count). The van der Waals surface area contributed by atoms with E-state index in [-0.39, 0.29) is 27.2 Å². The van der Waals surface area contributed by atoms with Gasteiger partial charge in [0.2, 0.25) is 11.1 Å². The summed E-state index contributed by atoms with van der Waals surface area (Å²) in [5, 5.41) is 11.7. The maximum atomic E-state index is 12.3. The van der Waals surface area contributed by atoms with Gasteiger partial charge in [-0.1, -0.05) is 12.1 Å². The van der Waals surface area contributed by atoms with Crippen LogP contribution in [0, 0.1) is 10.1 Å². The normalized spacial score (nSPS) is 11.1. The van der Waals surface area contributed by atoms with Crippen LogP contribution in [-0.4, -0.2) is 16.2 Å². The Labute approximate surface area is 116 Å². The van der Waals surface area contributed by atoms with Gasteiger partial charge < -0.3 is 4.42 Å². The van der Waals surface area contributed by atoms with E-state index in [9.17, 15) is 14.9 Å². The molecule has 0 spiro atoms. The van der Waals surface area contributed by atoms with Gasteiger partial charge in [0.25, 0.3) is 0 Å². The molecule has 0 saturated heterocycles. The van der Waals surface area contributed by atoms with Crippen molar-refractivity contribution in [2.45, 2.75) is 5.03 Å². The van der Waals surface area contributed by atoms with Gasteiger partial charge >= 0.3 is 5.69 Å². The molecular formula is C13H8N2O4S. The van der Waals surface area contributed by atoms with Crippen LogP contribution >= 0.6 is 11.8 Å². The van der Waals surface area contributed by atoms with Gasteiger partial charge in [-0.15, -0.1) is 11.8 Å². The van der Waals surface area contributed by atoms with Crippen molar-refractivity contribution >= 4 is 39.5 Å². The predicted octanol–water partition coefficient (Wildman–Crippen LogP) is 2.97. The van der Waals surface area contributed by atoms with Crippen LogP contribution in [0.25, 0.3) is 22.1 Å². The summed E-state index contributed by atoms with van der Waals surface area (Å²) in [6.45, 7) is 0. The van der Waals surface area contributed by atoms with E-state index in [2.05, 4.69) is 4.98 Å². The maximum Gasteiger partial charge on any atom is 0.302 e. The van der Waals surface area contributed by atoms with Gasteiger partial charge in [0.1, 0.15) is 5.58 Å². The Morgan fingerprint density at radius 2 is 2.05 bits per heavy atom. The highest BCUT2D eigenvalue weighted by atomic mass is 32.2. The topological polar surface area (TPSA) is 86.2 Å². The first-order chi connectivity index (χ1) is 9.61. The van der Waals surface area contributed by atoms with Gasteiger partial charge in [-0.25, -0.2) is 0 Å². The smallest absolute Gasteiger partial charge is 0.302 e. The van der Waals surface area contributed by atoms with E-state index in [0.717, 1.165) is 11.8 Å². The van der Waals surface area contributed by atoms with E-state index in [0.29, 0.717) is 11.0 Å². The van der Waals surface area contributed by atoms with E-state index >= 15 is 0 Å². The van der Waals surface area contributed by atoms with E-state index in [1.807, 2.05) is 0 Å². The van der Waals surface area contributed by atoms with Crippen LogP contribution in [-0.2, 0) is 0 Å². The van der Waals surface area contributed by atoms with Crippen LogP contribution in [0.15, 0.2) is 44.6 Å². The second-order valence-corrected chi connectivity index (χ2v) is 4.85. The minimum absolute atomic E-state index is 0.114. The van der Waals surface area contributed by atoms with E-state index < -0.39 is 4.92 Å². The van der Waals surface area contributed by atoms with Gasteiger partial charge in [-0.2, -0.15) is 4.98 Å². The summed E-state index contributed by atoms with van der Waals surface area (Å²) in [6, 6.07) is 7.97. The van der Waals surface area contributed by atoms with Crippen molar-refractivity contribution < 1.29 is 9.34 Å². The van der Waals surface area contributed by atoms with Crippen molar-refractivity contribution in [3.8, 4) is 0 Å². The first kappa shape index (κ1) is 12.6.